The molecule has 124 valence electrons. The van der Waals surface area contributed by atoms with Crippen molar-refractivity contribution in [2.75, 3.05) is 19.0 Å². The second-order valence-electron chi connectivity index (χ2n) is 6.22. The fourth-order valence-corrected chi connectivity index (χ4v) is 3.15. The predicted molar refractivity (Wildman–Crippen MR) is 92.3 cm³/mol. The molecule has 0 saturated heterocycles. The zero-order valence-electron chi connectivity index (χ0n) is 14.1. The zero-order chi connectivity index (χ0) is 16.2. The van der Waals surface area contributed by atoms with Gasteiger partial charge in [-0.1, -0.05) is 6.92 Å². The van der Waals surface area contributed by atoms with Gasteiger partial charge in [0.2, 0.25) is 0 Å². The molecule has 5 heteroatoms. The summed E-state index contributed by atoms with van der Waals surface area (Å²) < 4.78 is 12.1. The van der Waals surface area contributed by atoms with Gasteiger partial charge in [-0.05, 0) is 44.6 Å². The van der Waals surface area contributed by atoms with Crippen LogP contribution in [0.1, 0.15) is 39.5 Å². The number of nitrogens with one attached hydrogen (secondary N) is 1. The van der Waals surface area contributed by atoms with Gasteiger partial charge >= 0.3 is 0 Å². The molecule has 1 aliphatic carbocycles. The Labute approximate surface area is 137 Å². The molecular formula is C18H25N3O2. The van der Waals surface area contributed by atoms with Crippen molar-refractivity contribution in [1.29, 1.82) is 0 Å². The van der Waals surface area contributed by atoms with Crippen LogP contribution < -0.4 is 14.8 Å². The summed E-state index contributed by atoms with van der Waals surface area (Å²) in [5.41, 5.74) is 0.859. The first-order valence-electron chi connectivity index (χ1n) is 8.47. The minimum absolute atomic E-state index is 0.269. The first kappa shape index (κ1) is 15.8. The number of anilines is 1. The van der Waals surface area contributed by atoms with Crippen molar-refractivity contribution in [2.45, 2.75) is 45.6 Å². The average molecular weight is 315 g/mol. The van der Waals surface area contributed by atoms with Crippen LogP contribution in [0.5, 0.6) is 11.5 Å². The third-order valence-corrected chi connectivity index (χ3v) is 4.49. The molecule has 1 aromatic heterocycles. The van der Waals surface area contributed by atoms with Crippen molar-refractivity contribution < 1.29 is 9.47 Å². The van der Waals surface area contributed by atoms with Crippen LogP contribution in [0.2, 0.25) is 0 Å². The number of aromatic nitrogens is 2. The van der Waals surface area contributed by atoms with Gasteiger partial charge in [0.25, 0.3) is 0 Å². The summed E-state index contributed by atoms with van der Waals surface area (Å²) >= 11 is 0. The number of hydrogen-bond donors (Lipinski definition) is 1. The highest BCUT2D eigenvalue weighted by Gasteiger charge is 2.21. The molecule has 1 aliphatic rings. The predicted octanol–water partition coefficient (Wildman–Crippen LogP) is 4.03. The number of fused-ring (bicyclic) bond motifs is 1. The van der Waals surface area contributed by atoms with E-state index < -0.39 is 0 Å². The zero-order valence-corrected chi connectivity index (χ0v) is 14.1. The van der Waals surface area contributed by atoms with Crippen LogP contribution in [0.25, 0.3) is 10.9 Å². The Morgan fingerprint density at radius 2 is 1.91 bits per heavy atom. The Kier molecular flexibility index (Phi) is 4.84. The Balaban J connectivity index is 1.94. The average Bonchev–Trinajstić information content (AvgIpc) is 2.57. The topological polar surface area (TPSA) is 56.3 Å². The molecule has 0 atom stereocenters. The first-order chi connectivity index (χ1) is 11.2. The highest BCUT2D eigenvalue weighted by atomic mass is 16.5. The Morgan fingerprint density at radius 3 is 2.61 bits per heavy atom. The van der Waals surface area contributed by atoms with E-state index in [9.17, 15) is 0 Å². The van der Waals surface area contributed by atoms with Crippen LogP contribution in [0, 0.1) is 5.92 Å². The van der Waals surface area contributed by atoms with Gasteiger partial charge in [-0.3, -0.25) is 0 Å². The molecule has 1 fully saturated rings. The highest BCUT2D eigenvalue weighted by Crippen LogP contribution is 2.36. The molecule has 0 unspecified atom stereocenters. The number of nitrogens with zero attached hydrogens (tertiary/aromatic N) is 2. The van der Waals surface area contributed by atoms with E-state index in [1.165, 1.54) is 12.8 Å². The van der Waals surface area contributed by atoms with Gasteiger partial charge in [0.15, 0.2) is 11.5 Å². The number of rotatable bonds is 5. The van der Waals surface area contributed by atoms with E-state index in [2.05, 4.69) is 22.2 Å². The quantitative estimate of drug-likeness (QED) is 0.903. The molecule has 3 rings (SSSR count). The van der Waals surface area contributed by atoms with E-state index in [-0.39, 0.29) is 6.10 Å². The molecule has 1 saturated carbocycles. The van der Waals surface area contributed by atoms with Gasteiger partial charge in [0.1, 0.15) is 12.1 Å². The van der Waals surface area contributed by atoms with Crippen LogP contribution in [-0.4, -0.2) is 29.7 Å². The molecule has 5 nitrogen and oxygen atoms in total. The molecule has 1 N–H and O–H groups in total. The first-order valence-corrected chi connectivity index (χ1v) is 8.47. The molecule has 0 bridgehead atoms. The highest BCUT2D eigenvalue weighted by molar-refractivity contribution is 5.91. The van der Waals surface area contributed by atoms with E-state index in [1.807, 2.05) is 26.1 Å². The smallest absolute Gasteiger partial charge is 0.163 e. The Morgan fingerprint density at radius 1 is 1.13 bits per heavy atom. The number of ether oxygens (including phenoxy) is 2. The van der Waals surface area contributed by atoms with Crippen molar-refractivity contribution in [3.63, 3.8) is 0 Å². The minimum Gasteiger partial charge on any atom is -0.490 e. The van der Waals surface area contributed by atoms with Gasteiger partial charge in [0, 0.05) is 18.5 Å². The van der Waals surface area contributed by atoms with E-state index in [1.54, 1.807) is 6.33 Å². The fourth-order valence-electron chi connectivity index (χ4n) is 3.15. The summed E-state index contributed by atoms with van der Waals surface area (Å²) in [6, 6.07) is 3.95. The van der Waals surface area contributed by atoms with E-state index >= 15 is 0 Å². The molecule has 0 spiro atoms. The summed E-state index contributed by atoms with van der Waals surface area (Å²) in [5, 5.41) is 4.07. The molecule has 0 amide bonds. The summed E-state index contributed by atoms with van der Waals surface area (Å²) in [4.78, 5) is 8.62. The molecule has 0 radical (unpaired) electrons. The van der Waals surface area contributed by atoms with Crippen LogP contribution in [0.3, 0.4) is 0 Å². The van der Waals surface area contributed by atoms with Gasteiger partial charge in [-0.15, -0.1) is 0 Å². The van der Waals surface area contributed by atoms with E-state index in [4.69, 9.17) is 9.47 Å². The van der Waals surface area contributed by atoms with Crippen molar-refractivity contribution in [3.05, 3.63) is 18.5 Å². The maximum absolute atomic E-state index is 6.29. The second-order valence-corrected chi connectivity index (χ2v) is 6.22. The number of hydrogen-bond acceptors (Lipinski definition) is 5. The van der Waals surface area contributed by atoms with Crippen molar-refractivity contribution in [3.8, 4) is 11.5 Å². The standard InChI is InChI=1S/C18H25N3O2/c1-4-22-16-10-15-14(18(19-3)21-11-20-15)9-17(16)23-13-7-5-12(2)6-8-13/h9-13H,4-8H2,1-3H3,(H,19,20,21). The Bertz CT molecular complexity index is 667. The molecule has 1 heterocycles. The maximum Gasteiger partial charge on any atom is 0.163 e. The van der Waals surface area contributed by atoms with Gasteiger partial charge in [-0.2, -0.15) is 0 Å². The SMILES string of the molecule is CCOc1cc2ncnc(NC)c2cc1OC1CCC(C)CC1. The van der Waals surface area contributed by atoms with Gasteiger partial charge < -0.3 is 14.8 Å². The van der Waals surface area contributed by atoms with E-state index in [0.717, 1.165) is 47.0 Å². The van der Waals surface area contributed by atoms with E-state index in [0.29, 0.717) is 6.61 Å². The summed E-state index contributed by atoms with van der Waals surface area (Å²) in [6.07, 6.45) is 6.50. The summed E-state index contributed by atoms with van der Waals surface area (Å²) in [7, 11) is 1.86. The van der Waals surface area contributed by atoms with Crippen LogP contribution in [0.15, 0.2) is 18.5 Å². The van der Waals surface area contributed by atoms with Crippen LogP contribution >= 0.6 is 0 Å². The summed E-state index contributed by atoms with van der Waals surface area (Å²) in [6.45, 7) is 4.90. The monoisotopic (exact) mass is 315 g/mol. The number of benzene rings is 1. The fraction of sp³-hybridized carbons (Fsp3) is 0.556. The van der Waals surface area contributed by atoms with Gasteiger partial charge in [0.05, 0.1) is 18.2 Å². The lowest BCUT2D eigenvalue weighted by Crippen LogP contribution is -2.23. The largest absolute Gasteiger partial charge is 0.490 e. The lowest BCUT2D eigenvalue weighted by Gasteiger charge is -2.27. The molecule has 2 aromatic rings. The van der Waals surface area contributed by atoms with Crippen LogP contribution in [0.4, 0.5) is 5.82 Å². The maximum atomic E-state index is 6.29. The third kappa shape index (κ3) is 3.49. The minimum atomic E-state index is 0.269. The van der Waals surface area contributed by atoms with Crippen LogP contribution in [-0.2, 0) is 0 Å². The Hall–Kier alpha value is -2.04. The van der Waals surface area contributed by atoms with Gasteiger partial charge in [-0.25, -0.2) is 9.97 Å². The normalized spacial score (nSPS) is 21.2. The lowest BCUT2D eigenvalue weighted by atomic mass is 9.89. The second kappa shape index (κ2) is 7.02. The molecular weight excluding hydrogens is 290 g/mol. The lowest BCUT2D eigenvalue weighted by molar-refractivity contribution is 0.130. The molecule has 0 aliphatic heterocycles. The molecule has 1 aromatic carbocycles. The van der Waals surface area contributed by atoms with Crippen molar-refractivity contribution in [2.24, 2.45) is 5.92 Å². The summed E-state index contributed by atoms with van der Waals surface area (Å²) in [5.74, 6) is 3.17. The third-order valence-electron chi connectivity index (χ3n) is 4.49. The van der Waals surface area contributed by atoms with Crippen molar-refractivity contribution >= 4 is 16.7 Å². The molecule has 23 heavy (non-hydrogen) atoms. The van der Waals surface area contributed by atoms with Crippen molar-refractivity contribution in [1.82, 2.24) is 9.97 Å².